The van der Waals surface area contributed by atoms with E-state index in [-0.39, 0.29) is 5.91 Å². The van der Waals surface area contributed by atoms with Crippen LogP contribution < -0.4 is 10.2 Å². The highest BCUT2D eigenvalue weighted by molar-refractivity contribution is 5.94. The molecule has 5 nitrogen and oxygen atoms in total. The molecule has 2 aromatic rings. The molecule has 2 heterocycles. The van der Waals surface area contributed by atoms with Crippen molar-refractivity contribution in [3.8, 4) is 0 Å². The molecule has 1 aromatic heterocycles. The third-order valence-electron chi connectivity index (χ3n) is 3.86. The van der Waals surface area contributed by atoms with E-state index in [4.69, 9.17) is 4.74 Å². The normalized spacial score (nSPS) is 14.5. The molecule has 1 amide bonds. The number of nitrogens with one attached hydrogen (secondary N) is 1. The van der Waals surface area contributed by atoms with Crippen molar-refractivity contribution in [1.82, 2.24) is 4.98 Å². The zero-order valence-corrected chi connectivity index (χ0v) is 13.1. The van der Waals surface area contributed by atoms with E-state index in [1.807, 2.05) is 42.5 Å². The molecule has 1 aliphatic heterocycles. The van der Waals surface area contributed by atoms with E-state index >= 15 is 0 Å². The number of hydrogen-bond donors (Lipinski definition) is 1. The number of carbonyl (C=O) groups excluding carboxylic acids is 1. The molecule has 1 aromatic carbocycles. The molecule has 23 heavy (non-hydrogen) atoms. The zero-order chi connectivity index (χ0) is 15.9. The fourth-order valence-electron chi connectivity index (χ4n) is 2.66. The summed E-state index contributed by atoms with van der Waals surface area (Å²) < 4.78 is 5.39. The number of carbonyl (C=O) groups is 1. The smallest absolute Gasteiger partial charge is 0.224 e. The summed E-state index contributed by atoms with van der Waals surface area (Å²) in [4.78, 5) is 18.7. The Labute approximate surface area is 136 Å². The van der Waals surface area contributed by atoms with Crippen molar-refractivity contribution in [3.05, 3.63) is 54.4 Å². The average Bonchev–Trinajstić information content (AvgIpc) is 2.62. The molecule has 0 unspecified atom stereocenters. The van der Waals surface area contributed by atoms with Crippen molar-refractivity contribution >= 4 is 17.3 Å². The Hall–Kier alpha value is -2.40. The van der Waals surface area contributed by atoms with Gasteiger partial charge in [0.05, 0.1) is 24.6 Å². The van der Waals surface area contributed by atoms with Gasteiger partial charge in [0.25, 0.3) is 0 Å². The monoisotopic (exact) mass is 311 g/mol. The van der Waals surface area contributed by atoms with E-state index < -0.39 is 0 Å². The maximum absolute atomic E-state index is 12.2. The number of aryl methyl sites for hydroxylation is 1. The van der Waals surface area contributed by atoms with E-state index in [0.717, 1.165) is 43.4 Å². The van der Waals surface area contributed by atoms with Crippen LogP contribution in [0.25, 0.3) is 0 Å². The molecule has 1 fully saturated rings. The molecule has 1 aliphatic rings. The fraction of sp³-hybridized carbons (Fsp3) is 0.333. The van der Waals surface area contributed by atoms with Crippen LogP contribution >= 0.6 is 0 Å². The molecular weight excluding hydrogens is 290 g/mol. The minimum Gasteiger partial charge on any atom is -0.378 e. The van der Waals surface area contributed by atoms with Crippen molar-refractivity contribution in [2.75, 3.05) is 36.5 Å². The number of amides is 1. The minimum atomic E-state index is 0.0105. The lowest BCUT2D eigenvalue weighted by molar-refractivity contribution is -0.116. The zero-order valence-electron chi connectivity index (χ0n) is 13.1. The number of morpholine rings is 1. The summed E-state index contributed by atoms with van der Waals surface area (Å²) in [6.45, 7) is 3.14. The third-order valence-corrected chi connectivity index (χ3v) is 3.86. The Balaban J connectivity index is 1.62. The molecule has 5 heteroatoms. The van der Waals surface area contributed by atoms with Crippen LogP contribution in [0, 0.1) is 0 Å². The topological polar surface area (TPSA) is 54.5 Å². The number of aromatic nitrogens is 1. The number of ether oxygens (including phenoxy) is 1. The lowest BCUT2D eigenvalue weighted by Gasteiger charge is -2.30. The van der Waals surface area contributed by atoms with Crippen LogP contribution in [0.1, 0.15) is 12.1 Å². The standard InChI is InChI=1S/C18H21N3O2/c22-18(9-8-15-5-3-4-10-19-15)20-16-6-1-2-7-17(16)21-11-13-23-14-12-21/h1-7,10H,8-9,11-14H2,(H,20,22). The predicted octanol–water partition coefficient (Wildman–Crippen LogP) is 2.49. The van der Waals surface area contributed by atoms with Crippen molar-refractivity contribution in [2.24, 2.45) is 0 Å². The van der Waals surface area contributed by atoms with Crippen LogP contribution in [0.5, 0.6) is 0 Å². The molecule has 0 saturated carbocycles. The summed E-state index contributed by atoms with van der Waals surface area (Å²) in [6.07, 6.45) is 2.82. The van der Waals surface area contributed by atoms with Gasteiger partial charge in [0.15, 0.2) is 0 Å². The number of para-hydroxylation sites is 2. The Morgan fingerprint density at radius 1 is 1.13 bits per heavy atom. The van der Waals surface area contributed by atoms with E-state index in [1.165, 1.54) is 0 Å². The average molecular weight is 311 g/mol. The summed E-state index contributed by atoms with van der Waals surface area (Å²) in [5, 5.41) is 3.03. The first-order chi connectivity index (χ1) is 11.3. The molecular formula is C18H21N3O2. The summed E-state index contributed by atoms with van der Waals surface area (Å²) in [6, 6.07) is 13.7. The highest BCUT2D eigenvalue weighted by Gasteiger charge is 2.15. The van der Waals surface area contributed by atoms with E-state index in [9.17, 15) is 4.79 Å². The molecule has 0 spiro atoms. The summed E-state index contributed by atoms with van der Waals surface area (Å²) in [7, 11) is 0. The Morgan fingerprint density at radius 2 is 1.91 bits per heavy atom. The number of benzene rings is 1. The SMILES string of the molecule is O=C(CCc1ccccn1)Nc1ccccc1N1CCOCC1. The van der Waals surface area contributed by atoms with Gasteiger partial charge in [-0.15, -0.1) is 0 Å². The van der Waals surface area contributed by atoms with Gasteiger partial charge in [-0.05, 0) is 30.7 Å². The van der Waals surface area contributed by atoms with Crippen LogP contribution in [0.4, 0.5) is 11.4 Å². The Kier molecular flexibility index (Phi) is 5.21. The summed E-state index contributed by atoms with van der Waals surface area (Å²) >= 11 is 0. The first-order valence-corrected chi connectivity index (χ1v) is 7.94. The maximum atomic E-state index is 12.2. The van der Waals surface area contributed by atoms with Gasteiger partial charge in [0.2, 0.25) is 5.91 Å². The van der Waals surface area contributed by atoms with E-state index in [1.54, 1.807) is 6.20 Å². The van der Waals surface area contributed by atoms with E-state index in [0.29, 0.717) is 12.8 Å². The van der Waals surface area contributed by atoms with Gasteiger partial charge < -0.3 is 15.0 Å². The van der Waals surface area contributed by atoms with Gasteiger partial charge >= 0.3 is 0 Å². The second kappa shape index (κ2) is 7.74. The van der Waals surface area contributed by atoms with Crippen LogP contribution in [0.2, 0.25) is 0 Å². The van der Waals surface area contributed by atoms with Gasteiger partial charge in [-0.1, -0.05) is 18.2 Å². The van der Waals surface area contributed by atoms with Gasteiger partial charge in [0, 0.05) is 31.4 Å². The Bertz CT molecular complexity index is 640. The Morgan fingerprint density at radius 3 is 2.70 bits per heavy atom. The van der Waals surface area contributed by atoms with Gasteiger partial charge in [-0.25, -0.2) is 0 Å². The van der Waals surface area contributed by atoms with Crippen molar-refractivity contribution < 1.29 is 9.53 Å². The molecule has 0 atom stereocenters. The molecule has 0 radical (unpaired) electrons. The highest BCUT2D eigenvalue weighted by atomic mass is 16.5. The highest BCUT2D eigenvalue weighted by Crippen LogP contribution is 2.26. The number of nitrogens with zero attached hydrogens (tertiary/aromatic N) is 2. The first kappa shape index (κ1) is 15.5. The fourth-order valence-corrected chi connectivity index (χ4v) is 2.66. The first-order valence-electron chi connectivity index (χ1n) is 7.94. The predicted molar refractivity (Wildman–Crippen MR) is 90.7 cm³/mol. The van der Waals surface area contributed by atoms with E-state index in [2.05, 4.69) is 15.2 Å². The van der Waals surface area contributed by atoms with Gasteiger partial charge in [0.1, 0.15) is 0 Å². The maximum Gasteiger partial charge on any atom is 0.224 e. The summed E-state index contributed by atoms with van der Waals surface area (Å²) in [5.41, 5.74) is 2.85. The number of hydrogen-bond acceptors (Lipinski definition) is 4. The van der Waals surface area contributed by atoms with Crippen molar-refractivity contribution in [2.45, 2.75) is 12.8 Å². The van der Waals surface area contributed by atoms with Gasteiger partial charge in [-0.2, -0.15) is 0 Å². The molecule has 0 bridgehead atoms. The minimum absolute atomic E-state index is 0.0105. The number of rotatable bonds is 5. The summed E-state index contributed by atoms with van der Waals surface area (Å²) in [5.74, 6) is 0.0105. The largest absolute Gasteiger partial charge is 0.378 e. The van der Waals surface area contributed by atoms with Crippen molar-refractivity contribution in [1.29, 1.82) is 0 Å². The molecule has 1 saturated heterocycles. The molecule has 120 valence electrons. The quantitative estimate of drug-likeness (QED) is 0.922. The van der Waals surface area contributed by atoms with Crippen LogP contribution in [0.3, 0.4) is 0 Å². The number of pyridine rings is 1. The van der Waals surface area contributed by atoms with Crippen LogP contribution in [-0.4, -0.2) is 37.2 Å². The lowest BCUT2D eigenvalue weighted by atomic mass is 10.2. The lowest BCUT2D eigenvalue weighted by Crippen LogP contribution is -2.36. The second-order valence-electron chi connectivity index (χ2n) is 5.49. The van der Waals surface area contributed by atoms with Crippen LogP contribution in [0.15, 0.2) is 48.7 Å². The molecule has 3 rings (SSSR count). The second-order valence-corrected chi connectivity index (χ2v) is 5.49. The third kappa shape index (κ3) is 4.29. The van der Waals surface area contributed by atoms with Gasteiger partial charge in [-0.3, -0.25) is 9.78 Å². The molecule has 0 aliphatic carbocycles. The van der Waals surface area contributed by atoms with Crippen molar-refractivity contribution in [3.63, 3.8) is 0 Å². The van der Waals surface area contributed by atoms with Crippen LogP contribution in [-0.2, 0) is 16.0 Å². The molecule has 1 N–H and O–H groups in total. The number of anilines is 2.